The lowest BCUT2D eigenvalue weighted by Crippen LogP contribution is -2.30. The van der Waals surface area contributed by atoms with Gasteiger partial charge < -0.3 is 10.3 Å². The van der Waals surface area contributed by atoms with Gasteiger partial charge in [-0.2, -0.15) is 0 Å². The lowest BCUT2D eigenvalue weighted by atomic mass is 9.95. The highest BCUT2D eigenvalue weighted by molar-refractivity contribution is 7.80. The maximum absolute atomic E-state index is 13.0. The molecule has 0 unspecified atom stereocenters. The molecule has 1 aromatic carbocycles. The molecule has 3 heterocycles. The van der Waals surface area contributed by atoms with E-state index in [9.17, 15) is 4.79 Å². The normalized spacial score (nSPS) is 12.8. The van der Waals surface area contributed by atoms with E-state index < -0.39 is 0 Å². The molecule has 0 aliphatic carbocycles. The lowest BCUT2D eigenvalue weighted by Gasteiger charge is -2.18. The maximum Gasteiger partial charge on any atom is 0.261 e. The number of benzene rings is 1. The predicted octanol–water partition coefficient (Wildman–Crippen LogP) is 3.16. The monoisotopic (exact) mass is 347 g/mol. The van der Waals surface area contributed by atoms with Crippen molar-refractivity contribution in [2.75, 3.05) is 0 Å². The zero-order chi connectivity index (χ0) is 17.4. The van der Waals surface area contributed by atoms with Gasteiger partial charge in [0.25, 0.3) is 5.56 Å². The first-order valence-corrected chi connectivity index (χ1v) is 8.64. The summed E-state index contributed by atoms with van der Waals surface area (Å²) >= 11 is 5.13. The molecule has 0 radical (unpaired) electrons. The molecule has 5 heteroatoms. The molecule has 1 aliphatic heterocycles. The van der Waals surface area contributed by atoms with Crippen molar-refractivity contribution in [1.29, 1.82) is 0 Å². The lowest BCUT2D eigenvalue weighted by molar-refractivity contribution is 0.641. The largest absolute Gasteiger partial charge is 0.389 e. The van der Waals surface area contributed by atoms with Crippen molar-refractivity contribution >= 4 is 17.2 Å². The molecule has 2 N–H and O–H groups in total. The van der Waals surface area contributed by atoms with Crippen LogP contribution in [0.3, 0.4) is 0 Å². The highest BCUT2D eigenvalue weighted by Crippen LogP contribution is 2.35. The van der Waals surface area contributed by atoms with Gasteiger partial charge in [0.1, 0.15) is 4.99 Å². The summed E-state index contributed by atoms with van der Waals surface area (Å²) in [6.07, 6.45) is 5.45. The first kappa shape index (κ1) is 15.7. The third kappa shape index (κ3) is 2.66. The Labute approximate surface area is 151 Å². The Kier molecular flexibility index (Phi) is 3.93. The van der Waals surface area contributed by atoms with Crippen LogP contribution < -0.4 is 11.3 Å². The van der Waals surface area contributed by atoms with Crippen LogP contribution >= 0.6 is 12.2 Å². The average molecular weight is 347 g/mol. The van der Waals surface area contributed by atoms with Crippen LogP contribution in [0.1, 0.15) is 17.5 Å². The second-order valence-electron chi connectivity index (χ2n) is 6.14. The van der Waals surface area contributed by atoms with Crippen molar-refractivity contribution in [3.05, 3.63) is 76.3 Å². The van der Waals surface area contributed by atoms with Gasteiger partial charge in [0.05, 0.1) is 11.3 Å². The third-order valence-electron chi connectivity index (χ3n) is 4.63. The number of pyridine rings is 2. The molecule has 0 atom stereocenters. The second kappa shape index (κ2) is 6.26. The number of thiocarbonyl (C=S) groups is 1. The van der Waals surface area contributed by atoms with Gasteiger partial charge in [0, 0.05) is 30.1 Å². The number of nitrogens with two attached hydrogens (primary N) is 1. The van der Waals surface area contributed by atoms with E-state index in [0.717, 1.165) is 35.2 Å². The van der Waals surface area contributed by atoms with Crippen LogP contribution in [-0.4, -0.2) is 14.5 Å². The molecule has 1 aliphatic rings. The number of aryl methyl sites for hydroxylation is 1. The van der Waals surface area contributed by atoms with Gasteiger partial charge in [-0.05, 0) is 36.1 Å². The fourth-order valence-corrected chi connectivity index (χ4v) is 3.61. The van der Waals surface area contributed by atoms with Gasteiger partial charge in [0.15, 0.2) is 0 Å². The van der Waals surface area contributed by atoms with Crippen LogP contribution in [0.4, 0.5) is 0 Å². The van der Waals surface area contributed by atoms with Crippen LogP contribution in [0.15, 0.2) is 59.7 Å². The standard InChI is InChI=1S/C20H17N3OS/c21-19(25)16-11-15(13-5-2-1-3-6-13)18-17-12-22-9-8-14(17)7-4-10-23(18)20(16)24/h1-3,5-6,8-9,11-12H,4,7,10H2,(H2,21,25). The van der Waals surface area contributed by atoms with Crippen molar-refractivity contribution in [2.45, 2.75) is 19.4 Å². The molecule has 0 saturated carbocycles. The number of hydrogen-bond donors (Lipinski definition) is 1. The highest BCUT2D eigenvalue weighted by Gasteiger charge is 2.22. The van der Waals surface area contributed by atoms with Gasteiger partial charge >= 0.3 is 0 Å². The molecule has 0 fully saturated rings. The predicted molar refractivity (Wildman–Crippen MR) is 104 cm³/mol. The van der Waals surface area contributed by atoms with E-state index in [2.05, 4.69) is 4.98 Å². The van der Waals surface area contributed by atoms with E-state index in [-0.39, 0.29) is 10.5 Å². The van der Waals surface area contributed by atoms with Crippen LogP contribution in [0.5, 0.6) is 0 Å². The zero-order valence-corrected chi connectivity index (χ0v) is 14.4. The first-order valence-electron chi connectivity index (χ1n) is 8.23. The molecule has 4 rings (SSSR count). The topological polar surface area (TPSA) is 60.9 Å². The van der Waals surface area contributed by atoms with E-state index in [1.807, 2.05) is 53.2 Å². The van der Waals surface area contributed by atoms with Crippen molar-refractivity contribution in [2.24, 2.45) is 5.73 Å². The number of aromatic nitrogens is 2. The molecule has 0 spiro atoms. The molecule has 2 aromatic heterocycles. The molecule has 0 saturated heterocycles. The van der Waals surface area contributed by atoms with Gasteiger partial charge in [-0.25, -0.2) is 0 Å². The van der Waals surface area contributed by atoms with E-state index >= 15 is 0 Å². The summed E-state index contributed by atoms with van der Waals surface area (Å²) in [7, 11) is 0. The molecule has 0 bridgehead atoms. The van der Waals surface area contributed by atoms with Crippen LogP contribution in [0, 0.1) is 0 Å². The molecule has 4 nitrogen and oxygen atoms in total. The number of hydrogen-bond acceptors (Lipinski definition) is 3. The van der Waals surface area contributed by atoms with Crippen molar-refractivity contribution in [3.8, 4) is 22.4 Å². The molecule has 25 heavy (non-hydrogen) atoms. The molecular weight excluding hydrogens is 330 g/mol. The Bertz CT molecular complexity index is 1020. The van der Waals surface area contributed by atoms with Crippen LogP contribution in [0.25, 0.3) is 22.4 Å². The molecule has 124 valence electrons. The van der Waals surface area contributed by atoms with Gasteiger partial charge in [-0.15, -0.1) is 0 Å². The minimum Gasteiger partial charge on any atom is -0.389 e. The van der Waals surface area contributed by atoms with Crippen LogP contribution in [0.2, 0.25) is 0 Å². The smallest absolute Gasteiger partial charge is 0.261 e. The summed E-state index contributed by atoms with van der Waals surface area (Å²) < 4.78 is 1.81. The number of fused-ring (bicyclic) bond motifs is 3. The summed E-state index contributed by atoms with van der Waals surface area (Å²) in [6, 6.07) is 13.9. The third-order valence-corrected chi connectivity index (χ3v) is 4.85. The van der Waals surface area contributed by atoms with Gasteiger partial charge in [0.2, 0.25) is 0 Å². The highest BCUT2D eigenvalue weighted by atomic mass is 32.1. The summed E-state index contributed by atoms with van der Waals surface area (Å²) in [5.74, 6) is 0. The Morgan fingerprint density at radius 3 is 2.72 bits per heavy atom. The Morgan fingerprint density at radius 2 is 1.96 bits per heavy atom. The summed E-state index contributed by atoms with van der Waals surface area (Å²) in [6.45, 7) is 0.638. The minimum atomic E-state index is -0.126. The zero-order valence-electron chi connectivity index (χ0n) is 13.6. The minimum absolute atomic E-state index is 0.126. The Balaban J connectivity index is 2.14. The summed E-state index contributed by atoms with van der Waals surface area (Å²) in [4.78, 5) is 17.4. The van der Waals surface area contributed by atoms with Crippen LogP contribution in [-0.2, 0) is 13.0 Å². The molecule has 0 amide bonds. The van der Waals surface area contributed by atoms with E-state index in [1.165, 1.54) is 5.56 Å². The second-order valence-corrected chi connectivity index (χ2v) is 6.58. The number of rotatable bonds is 2. The summed E-state index contributed by atoms with van der Waals surface area (Å²) in [5, 5.41) is 0. The van der Waals surface area contributed by atoms with Crippen molar-refractivity contribution in [1.82, 2.24) is 9.55 Å². The quantitative estimate of drug-likeness (QED) is 0.724. The fourth-order valence-electron chi connectivity index (χ4n) is 3.47. The Morgan fingerprint density at radius 1 is 1.16 bits per heavy atom. The van der Waals surface area contributed by atoms with Crippen molar-refractivity contribution in [3.63, 3.8) is 0 Å². The first-order chi connectivity index (χ1) is 12.2. The molecular formula is C20H17N3OS. The van der Waals surface area contributed by atoms with Crippen molar-refractivity contribution < 1.29 is 0 Å². The van der Waals surface area contributed by atoms with Gasteiger partial charge in [-0.1, -0.05) is 42.5 Å². The van der Waals surface area contributed by atoms with E-state index in [1.54, 1.807) is 6.20 Å². The van der Waals surface area contributed by atoms with E-state index in [4.69, 9.17) is 18.0 Å². The Hall–Kier alpha value is -2.79. The van der Waals surface area contributed by atoms with Gasteiger partial charge in [-0.3, -0.25) is 9.78 Å². The number of nitrogens with zero attached hydrogens (tertiary/aromatic N) is 2. The SMILES string of the molecule is NC(=S)c1cc(-c2ccccc2)c2n(c1=O)CCCc1ccncc1-2. The average Bonchev–Trinajstić information content (AvgIpc) is 2.83. The van der Waals surface area contributed by atoms with E-state index in [0.29, 0.717) is 12.1 Å². The summed E-state index contributed by atoms with van der Waals surface area (Å²) in [5.41, 5.74) is 11.2. The fraction of sp³-hybridized carbons (Fsp3) is 0.150. The maximum atomic E-state index is 13.0. The molecule has 3 aromatic rings.